The molecule has 2 atom stereocenters. The van der Waals surface area contributed by atoms with Crippen molar-refractivity contribution < 1.29 is 14.7 Å². The Morgan fingerprint density at radius 2 is 2.08 bits per heavy atom. The number of urea groups is 1. The molecule has 2 amide bonds. The quantitative estimate of drug-likeness (QED) is 0.436. The summed E-state index contributed by atoms with van der Waals surface area (Å²) in [4.78, 5) is 20.4. The molecule has 0 radical (unpaired) electrons. The van der Waals surface area contributed by atoms with Gasteiger partial charge in [0.05, 0.1) is 5.97 Å². The molecule has 0 bridgehead atoms. The molecular formula is C6H12N3O3-. The molecular weight excluding hydrogens is 162 g/mol. The maximum absolute atomic E-state index is 10.3. The van der Waals surface area contributed by atoms with Crippen molar-refractivity contribution >= 4 is 12.0 Å². The van der Waals surface area contributed by atoms with E-state index in [0.717, 1.165) is 0 Å². The first kappa shape index (κ1) is 10.7. The zero-order chi connectivity index (χ0) is 9.72. The summed E-state index contributed by atoms with van der Waals surface area (Å²) >= 11 is 0. The Kier molecular flexibility index (Phi) is 4.06. The number of primary amides is 1. The van der Waals surface area contributed by atoms with Gasteiger partial charge in [-0.25, -0.2) is 4.79 Å². The normalized spacial score (nSPS) is 14.8. The molecule has 0 saturated heterocycles. The molecule has 6 heteroatoms. The molecule has 0 saturated carbocycles. The molecule has 0 aliphatic carbocycles. The first-order chi connectivity index (χ1) is 5.43. The van der Waals surface area contributed by atoms with E-state index in [1.165, 1.54) is 0 Å². The van der Waals surface area contributed by atoms with Crippen LogP contribution in [0.1, 0.15) is 13.3 Å². The summed E-state index contributed by atoms with van der Waals surface area (Å²) in [6.45, 7) is 1.60. The zero-order valence-electron chi connectivity index (χ0n) is 6.74. The summed E-state index contributed by atoms with van der Waals surface area (Å²) in [6, 6.07) is -2.14. The van der Waals surface area contributed by atoms with E-state index in [4.69, 9.17) is 11.5 Å². The maximum atomic E-state index is 10.3. The number of hydrogen-bond acceptors (Lipinski definition) is 4. The standard InChI is InChI=1S/C6H13N3O3/c1-3(9-6(8)12)2-4(7)5(10)11/h3-4H,2,7H2,1H3,(H,10,11)(H3,8,9,12)/p-1. The number of nitrogens with one attached hydrogen (secondary N) is 1. The smallest absolute Gasteiger partial charge is 0.312 e. The van der Waals surface area contributed by atoms with Crippen LogP contribution in [0, 0.1) is 0 Å². The topological polar surface area (TPSA) is 121 Å². The van der Waals surface area contributed by atoms with Gasteiger partial charge in [0.25, 0.3) is 0 Å². The number of carboxylic acid groups (broad SMARTS) is 1. The molecule has 70 valence electrons. The van der Waals surface area contributed by atoms with Crippen LogP contribution in [0.2, 0.25) is 0 Å². The summed E-state index contributed by atoms with van der Waals surface area (Å²) < 4.78 is 0. The Balaban J connectivity index is 3.76. The lowest BCUT2D eigenvalue weighted by molar-refractivity contribution is -0.307. The fourth-order valence-corrected chi connectivity index (χ4v) is 0.779. The Hall–Kier alpha value is -1.30. The van der Waals surface area contributed by atoms with Crippen molar-refractivity contribution in [1.82, 2.24) is 5.32 Å². The number of aliphatic carboxylic acids is 1. The van der Waals surface area contributed by atoms with Gasteiger partial charge in [-0.15, -0.1) is 0 Å². The van der Waals surface area contributed by atoms with Gasteiger partial charge in [0.15, 0.2) is 0 Å². The van der Waals surface area contributed by atoms with Gasteiger partial charge in [0, 0.05) is 12.1 Å². The summed E-state index contributed by atoms with van der Waals surface area (Å²) in [5.41, 5.74) is 9.93. The van der Waals surface area contributed by atoms with Crippen molar-refractivity contribution in [3.63, 3.8) is 0 Å². The summed E-state index contributed by atoms with van der Waals surface area (Å²) in [5, 5.41) is 12.4. The molecule has 0 rings (SSSR count). The molecule has 0 aliphatic heterocycles. The second kappa shape index (κ2) is 4.55. The van der Waals surface area contributed by atoms with Crippen LogP contribution < -0.4 is 21.9 Å². The second-order valence-corrected chi connectivity index (χ2v) is 2.57. The van der Waals surface area contributed by atoms with E-state index >= 15 is 0 Å². The van der Waals surface area contributed by atoms with Gasteiger partial charge >= 0.3 is 6.03 Å². The van der Waals surface area contributed by atoms with Crippen molar-refractivity contribution in [3.8, 4) is 0 Å². The summed E-state index contributed by atoms with van der Waals surface area (Å²) in [7, 11) is 0. The third kappa shape index (κ3) is 4.51. The molecule has 0 aromatic rings. The van der Waals surface area contributed by atoms with E-state index in [9.17, 15) is 14.7 Å². The third-order valence-electron chi connectivity index (χ3n) is 1.30. The molecule has 2 unspecified atom stereocenters. The number of rotatable bonds is 4. The summed E-state index contributed by atoms with van der Waals surface area (Å²) in [5.74, 6) is -1.34. The van der Waals surface area contributed by atoms with Gasteiger partial charge in [0.2, 0.25) is 0 Å². The van der Waals surface area contributed by atoms with Gasteiger partial charge < -0.3 is 26.7 Å². The van der Waals surface area contributed by atoms with Crippen LogP contribution in [0.3, 0.4) is 0 Å². The Morgan fingerprint density at radius 3 is 2.42 bits per heavy atom. The zero-order valence-corrected chi connectivity index (χ0v) is 6.74. The largest absolute Gasteiger partial charge is 0.548 e. The SMILES string of the molecule is CC(CC(N)C(=O)[O-])NC(N)=O. The van der Waals surface area contributed by atoms with E-state index in [2.05, 4.69) is 5.32 Å². The van der Waals surface area contributed by atoms with Crippen LogP contribution in [0.5, 0.6) is 0 Å². The molecule has 6 nitrogen and oxygen atoms in total. The first-order valence-electron chi connectivity index (χ1n) is 3.46. The number of carbonyl (C=O) groups is 2. The fraction of sp³-hybridized carbons (Fsp3) is 0.667. The van der Waals surface area contributed by atoms with Crippen LogP contribution >= 0.6 is 0 Å². The molecule has 5 N–H and O–H groups in total. The Labute approximate surface area is 69.9 Å². The van der Waals surface area contributed by atoms with Crippen LogP contribution in [0.15, 0.2) is 0 Å². The number of carbonyl (C=O) groups excluding carboxylic acids is 2. The number of amides is 2. The van der Waals surface area contributed by atoms with Gasteiger partial charge in [-0.2, -0.15) is 0 Å². The van der Waals surface area contributed by atoms with Crippen molar-refractivity contribution in [3.05, 3.63) is 0 Å². The van der Waals surface area contributed by atoms with Crippen molar-refractivity contribution in [2.24, 2.45) is 11.5 Å². The summed E-state index contributed by atoms with van der Waals surface area (Å²) in [6.07, 6.45) is 0.102. The molecule has 0 aromatic carbocycles. The highest BCUT2D eigenvalue weighted by atomic mass is 16.4. The minimum Gasteiger partial charge on any atom is -0.548 e. The average Bonchev–Trinajstić information content (AvgIpc) is 1.84. The van der Waals surface area contributed by atoms with E-state index in [-0.39, 0.29) is 12.5 Å². The Morgan fingerprint density at radius 1 is 1.58 bits per heavy atom. The molecule has 0 aromatic heterocycles. The predicted octanol–water partition coefficient (Wildman–Crippen LogP) is -2.49. The van der Waals surface area contributed by atoms with Crippen LogP contribution in [0.25, 0.3) is 0 Å². The third-order valence-corrected chi connectivity index (χ3v) is 1.30. The van der Waals surface area contributed by atoms with Gasteiger partial charge in [-0.3, -0.25) is 0 Å². The van der Waals surface area contributed by atoms with E-state index < -0.39 is 18.0 Å². The highest BCUT2D eigenvalue weighted by molar-refractivity contribution is 5.73. The highest BCUT2D eigenvalue weighted by Crippen LogP contribution is 1.93. The molecule has 12 heavy (non-hydrogen) atoms. The minimum absolute atomic E-state index is 0.102. The second-order valence-electron chi connectivity index (χ2n) is 2.57. The Bertz CT molecular complexity index is 183. The number of hydrogen-bond donors (Lipinski definition) is 3. The fourth-order valence-electron chi connectivity index (χ4n) is 0.779. The first-order valence-corrected chi connectivity index (χ1v) is 3.46. The minimum atomic E-state index is -1.34. The molecule has 0 fully saturated rings. The van der Waals surface area contributed by atoms with E-state index in [0.29, 0.717) is 0 Å². The highest BCUT2D eigenvalue weighted by Gasteiger charge is 2.10. The maximum Gasteiger partial charge on any atom is 0.312 e. The predicted molar refractivity (Wildman–Crippen MR) is 39.8 cm³/mol. The lowest BCUT2D eigenvalue weighted by Crippen LogP contribution is -2.47. The van der Waals surface area contributed by atoms with Gasteiger partial charge in [-0.1, -0.05) is 0 Å². The molecule has 0 spiro atoms. The number of carboxylic acids is 1. The number of nitrogens with two attached hydrogens (primary N) is 2. The lowest BCUT2D eigenvalue weighted by Gasteiger charge is -2.17. The van der Waals surface area contributed by atoms with Crippen LogP contribution in [-0.4, -0.2) is 24.1 Å². The lowest BCUT2D eigenvalue weighted by atomic mass is 10.1. The van der Waals surface area contributed by atoms with Crippen LogP contribution in [-0.2, 0) is 4.79 Å². The van der Waals surface area contributed by atoms with Crippen molar-refractivity contribution in [2.75, 3.05) is 0 Å². The van der Waals surface area contributed by atoms with Crippen molar-refractivity contribution in [2.45, 2.75) is 25.4 Å². The van der Waals surface area contributed by atoms with Gasteiger partial charge in [-0.05, 0) is 13.3 Å². The van der Waals surface area contributed by atoms with E-state index in [1.807, 2.05) is 0 Å². The molecule has 0 aliphatic rings. The van der Waals surface area contributed by atoms with Gasteiger partial charge in [0.1, 0.15) is 0 Å². The molecule has 0 heterocycles. The average molecular weight is 174 g/mol. The van der Waals surface area contributed by atoms with Crippen molar-refractivity contribution in [1.29, 1.82) is 0 Å². The monoisotopic (exact) mass is 174 g/mol. The van der Waals surface area contributed by atoms with E-state index in [1.54, 1.807) is 6.92 Å². The van der Waals surface area contributed by atoms with Crippen LogP contribution in [0.4, 0.5) is 4.79 Å².